The lowest BCUT2D eigenvalue weighted by molar-refractivity contribution is -0.134. The van der Waals surface area contributed by atoms with Crippen LogP contribution in [0.5, 0.6) is 0 Å². The summed E-state index contributed by atoms with van der Waals surface area (Å²) in [7, 11) is 0. The minimum absolute atomic E-state index is 0.0727. The van der Waals surface area contributed by atoms with E-state index in [1.165, 1.54) is 0 Å². The summed E-state index contributed by atoms with van der Waals surface area (Å²) in [6.07, 6.45) is 0. The largest absolute Gasteiger partial charge is 0.339 e. The smallest absolute Gasteiger partial charge is 0.239 e. The molecule has 0 aromatic carbocycles. The van der Waals surface area contributed by atoms with Crippen molar-refractivity contribution in [1.82, 2.24) is 9.80 Å². The van der Waals surface area contributed by atoms with E-state index in [-0.39, 0.29) is 17.5 Å². The molecular formula is C11H23N3O. The molecule has 1 heterocycles. The van der Waals surface area contributed by atoms with Gasteiger partial charge in [0.1, 0.15) is 0 Å². The second-order valence-electron chi connectivity index (χ2n) is 5.27. The fraction of sp³-hybridized carbons (Fsp3) is 0.909. The normalized spacial score (nSPS) is 21.5. The fourth-order valence-electron chi connectivity index (χ4n) is 1.89. The molecule has 0 saturated carbocycles. The molecule has 1 aliphatic heterocycles. The first-order valence-corrected chi connectivity index (χ1v) is 5.62. The van der Waals surface area contributed by atoms with Crippen molar-refractivity contribution in [3.8, 4) is 0 Å². The Labute approximate surface area is 92.4 Å². The van der Waals surface area contributed by atoms with Crippen molar-refractivity contribution in [3.63, 3.8) is 0 Å². The van der Waals surface area contributed by atoms with Gasteiger partial charge in [-0.1, -0.05) is 0 Å². The molecule has 15 heavy (non-hydrogen) atoms. The molecule has 4 nitrogen and oxygen atoms in total. The van der Waals surface area contributed by atoms with Gasteiger partial charge < -0.3 is 10.6 Å². The summed E-state index contributed by atoms with van der Waals surface area (Å²) in [5.74, 6) is 0.0727. The lowest BCUT2D eigenvalue weighted by Crippen LogP contribution is -2.56. The molecule has 1 rings (SSSR count). The van der Waals surface area contributed by atoms with Gasteiger partial charge >= 0.3 is 0 Å². The van der Waals surface area contributed by atoms with E-state index >= 15 is 0 Å². The maximum absolute atomic E-state index is 11.6. The summed E-state index contributed by atoms with van der Waals surface area (Å²) < 4.78 is 0. The highest BCUT2D eigenvalue weighted by Crippen LogP contribution is 2.15. The molecule has 1 atom stereocenters. The van der Waals surface area contributed by atoms with Gasteiger partial charge in [0.25, 0.3) is 0 Å². The van der Waals surface area contributed by atoms with Gasteiger partial charge in [-0.2, -0.15) is 0 Å². The van der Waals surface area contributed by atoms with E-state index in [1.54, 1.807) is 6.92 Å². The van der Waals surface area contributed by atoms with Crippen LogP contribution in [0.1, 0.15) is 27.7 Å². The maximum atomic E-state index is 11.6. The van der Waals surface area contributed by atoms with E-state index in [1.807, 2.05) is 4.90 Å². The zero-order valence-corrected chi connectivity index (χ0v) is 10.3. The van der Waals surface area contributed by atoms with E-state index < -0.39 is 0 Å². The number of amides is 1. The first-order valence-electron chi connectivity index (χ1n) is 5.62. The molecule has 1 fully saturated rings. The van der Waals surface area contributed by atoms with Gasteiger partial charge in [-0.05, 0) is 27.7 Å². The van der Waals surface area contributed by atoms with Crippen molar-refractivity contribution >= 4 is 5.91 Å². The van der Waals surface area contributed by atoms with Crippen molar-refractivity contribution in [3.05, 3.63) is 0 Å². The van der Waals surface area contributed by atoms with Gasteiger partial charge in [-0.15, -0.1) is 0 Å². The van der Waals surface area contributed by atoms with Crippen LogP contribution in [0, 0.1) is 0 Å². The van der Waals surface area contributed by atoms with Crippen molar-refractivity contribution in [2.75, 3.05) is 26.2 Å². The Bertz CT molecular complexity index is 224. The Morgan fingerprint density at radius 2 is 1.67 bits per heavy atom. The second-order valence-corrected chi connectivity index (χ2v) is 5.27. The van der Waals surface area contributed by atoms with Crippen LogP contribution >= 0.6 is 0 Å². The Kier molecular flexibility index (Phi) is 3.73. The minimum Gasteiger partial charge on any atom is -0.339 e. The molecule has 1 saturated heterocycles. The third kappa shape index (κ3) is 3.18. The Morgan fingerprint density at radius 3 is 2.00 bits per heavy atom. The van der Waals surface area contributed by atoms with E-state index in [0.717, 1.165) is 26.2 Å². The third-order valence-electron chi connectivity index (χ3n) is 2.93. The average Bonchev–Trinajstić information content (AvgIpc) is 2.15. The molecule has 0 radical (unpaired) electrons. The monoisotopic (exact) mass is 213 g/mol. The first-order chi connectivity index (χ1) is 6.82. The predicted octanol–water partition coefficient (Wildman–Crippen LogP) is 0.276. The van der Waals surface area contributed by atoms with Gasteiger partial charge in [0, 0.05) is 31.7 Å². The summed E-state index contributed by atoms with van der Waals surface area (Å²) in [6, 6.07) is -0.369. The highest BCUT2D eigenvalue weighted by atomic mass is 16.2. The van der Waals surface area contributed by atoms with Crippen LogP contribution in [0.2, 0.25) is 0 Å². The van der Waals surface area contributed by atoms with Crippen LogP contribution in [-0.2, 0) is 4.79 Å². The van der Waals surface area contributed by atoms with Crippen molar-refractivity contribution in [2.24, 2.45) is 5.73 Å². The summed E-state index contributed by atoms with van der Waals surface area (Å²) in [5.41, 5.74) is 5.78. The summed E-state index contributed by atoms with van der Waals surface area (Å²) in [5, 5.41) is 0. The summed E-state index contributed by atoms with van der Waals surface area (Å²) in [6.45, 7) is 11.9. The number of carbonyl (C=O) groups is 1. The molecule has 0 unspecified atom stereocenters. The number of carbonyl (C=O) groups excluding carboxylic acids is 1. The molecule has 2 N–H and O–H groups in total. The molecule has 0 bridgehead atoms. The number of hydrogen-bond donors (Lipinski definition) is 1. The molecule has 0 spiro atoms. The topological polar surface area (TPSA) is 49.6 Å². The SMILES string of the molecule is C[C@@H](N)C(=O)N1CCN(C(C)(C)C)CC1. The van der Waals surface area contributed by atoms with Crippen LogP contribution in [0.25, 0.3) is 0 Å². The van der Waals surface area contributed by atoms with Gasteiger partial charge in [0.2, 0.25) is 5.91 Å². The van der Waals surface area contributed by atoms with Gasteiger partial charge in [-0.25, -0.2) is 0 Å². The maximum Gasteiger partial charge on any atom is 0.239 e. The Hall–Kier alpha value is -0.610. The van der Waals surface area contributed by atoms with E-state index in [0.29, 0.717) is 0 Å². The van der Waals surface area contributed by atoms with Crippen molar-refractivity contribution in [1.29, 1.82) is 0 Å². The van der Waals surface area contributed by atoms with E-state index in [9.17, 15) is 4.79 Å². The first kappa shape index (κ1) is 12.5. The predicted molar refractivity (Wildman–Crippen MR) is 61.6 cm³/mol. The van der Waals surface area contributed by atoms with E-state index in [2.05, 4.69) is 25.7 Å². The van der Waals surface area contributed by atoms with Gasteiger partial charge in [0.05, 0.1) is 6.04 Å². The van der Waals surface area contributed by atoms with Gasteiger partial charge in [-0.3, -0.25) is 9.69 Å². The minimum atomic E-state index is -0.369. The Balaban J connectivity index is 2.46. The number of rotatable bonds is 1. The average molecular weight is 213 g/mol. The zero-order valence-electron chi connectivity index (χ0n) is 10.3. The standard InChI is InChI=1S/C11H23N3O/c1-9(12)10(15)13-5-7-14(8-6-13)11(2,3)4/h9H,5-8,12H2,1-4H3/t9-/m1/s1. The number of nitrogens with two attached hydrogens (primary N) is 1. The summed E-state index contributed by atoms with van der Waals surface area (Å²) >= 11 is 0. The summed E-state index contributed by atoms with van der Waals surface area (Å²) in [4.78, 5) is 15.9. The highest BCUT2D eigenvalue weighted by Gasteiger charge is 2.28. The quantitative estimate of drug-likeness (QED) is 0.680. The van der Waals surface area contributed by atoms with Crippen molar-refractivity contribution in [2.45, 2.75) is 39.3 Å². The van der Waals surface area contributed by atoms with Crippen LogP contribution in [0.4, 0.5) is 0 Å². The van der Waals surface area contributed by atoms with Crippen molar-refractivity contribution < 1.29 is 4.79 Å². The van der Waals surface area contributed by atoms with Crippen LogP contribution < -0.4 is 5.73 Å². The van der Waals surface area contributed by atoms with Crippen LogP contribution in [0.15, 0.2) is 0 Å². The second kappa shape index (κ2) is 4.49. The third-order valence-corrected chi connectivity index (χ3v) is 2.93. The lowest BCUT2D eigenvalue weighted by atomic mass is 10.0. The molecule has 4 heteroatoms. The molecule has 1 aliphatic rings. The lowest BCUT2D eigenvalue weighted by Gasteiger charge is -2.42. The van der Waals surface area contributed by atoms with Crippen LogP contribution in [0.3, 0.4) is 0 Å². The molecule has 0 aliphatic carbocycles. The zero-order chi connectivity index (χ0) is 11.6. The highest BCUT2D eigenvalue weighted by molar-refractivity contribution is 5.81. The van der Waals surface area contributed by atoms with Gasteiger partial charge in [0.15, 0.2) is 0 Å². The molecular weight excluding hydrogens is 190 g/mol. The number of nitrogens with zero attached hydrogens (tertiary/aromatic N) is 2. The van der Waals surface area contributed by atoms with E-state index in [4.69, 9.17) is 5.73 Å². The molecule has 0 aromatic heterocycles. The molecule has 0 aromatic rings. The fourth-order valence-corrected chi connectivity index (χ4v) is 1.89. The molecule has 88 valence electrons. The Morgan fingerprint density at radius 1 is 1.20 bits per heavy atom. The number of piperazine rings is 1. The number of hydrogen-bond acceptors (Lipinski definition) is 3. The molecule has 1 amide bonds. The van der Waals surface area contributed by atoms with Crippen LogP contribution in [-0.4, -0.2) is 53.5 Å².